The average molecular weight is 249 g/mol. The third-order valence-corrected chi connectivity index (χ3v) is 1.32. The fourth-order valence-electron chi connectivity index (χ4n) is 0.753. The van der Waals surface area contributed by atoms with Gasteiger partial charge in [-0.25, -0.2) is 0 Å². The van der Waals surface area contributed by atoms with Crippen LogP contribution in [-0.4, -0.2) is 22.9 Å². The first-order valence-corrected chi connectivity index (χ1v) is 3.86. The van der Waals surface area contributed by atoms with E-state index in [2.05, 4.69) is 14.7 Å². The van der Waals surface area contributed by atoms with Gasteiger partial charge in [0.25, 0.3) is 5.82 Å². The fourth-order valence-corrected chi connectivity index (χ4v) is 0.753. The van der Waals surface area contributed by atoms with E-state index < -0.39 is 37.2 Å². The second kappa shape index (κ2) is 4.28. The molecule has 10 heteroatoms. The van der Waals surface area contributed by atoms with Crippen LogP contribution in [0.4, 0.5) is 26.3 Å². The second-order valence-corrected chi connectivity index (χ2v) is 2.73. The van der Waals surface area contributed by atoms with E-state index in [1.807, 2.05) is 5.32 Å². The molecule has 0 radical (unpaired) electrons. The van der Waals surface area contributed by atoms with Gasteiger partial charge in [-0.15, -0.1) is 0 Å². The van der Waals surface area contributed by atoms with Gasteiger partial charge in [-0.2, -0.15) is 31.3 Å². The van der Waals surface area contributed by atoms with Crippen molar-refractivity contribution in [2.45, 2.75) is 18.9 Å². The van der Waals surface area contributed by atoms with Crippen LogP contribution in [0.5, 0.6) is 0 Å². The Morgan fingerprint density at radius 2 is 1.75 bits per heavy atom. The van der Waals surface area contributed by atoms with Gasteiger partial charge in [0.1, 0.15) is 0 Å². The molecule has 1 aromatic rings. The van der Waals surface area contributed by atoms with Crippen molar-refractivity contribution in [3.8, 4) is 0 Å². The Labute approximate surface area is 84.6 Å². The highest BCUT2D eigenvalue weighted by Gasteiger charge is 2.37. The molecule has 0 amide bonds. The summed E-state index contributed by atoms with van der Waals surface area (Å²) in [4.78, 5) is 2.87. The lowest BCUT2D eigenvalue weighted by atomic mass is 10.5. The fraction of sp³-hybridized carbons (Fsp3) is 0.667. The van der Waals surface area contributed by atoms with Crippen molar-refractivity contribution in [1.29, 1.82) is 0 Å². The van der Waals surface area contributed by atoms with Crippen LogP contribution in [0.3, 0.4) is 0 Å². The minimum Gasteiger partial charge on any atom is -0.338 e. The van der Waals surface area contributed by atoms with Crippen LogP contribution in [0, 0.1) is 0 Å². The summed E-state index contributed by atoms with van der Waals surface area (Å²) in [6.07, 6.45) is -9.22. The van der Waals surface area contributed by atoms with E-state index in [9.17, 15) is 26.3 Å². The molecule has 0 saturated carbocycles. The average Bonchev–Trinajstić information content (AvgIpc) is 2.49. The molecule has 0 unspecified atom stereocenters. The molecule has 0 atom stereocenters. The Morgan fingerprint density at radius 3 is 2.19 bits per heavy atom. The van der Waals surface area contributed by atoms with E-state index in [4.69, 9.17) is 0 Å². The lowest BCUT2D eigenvalue weighted by Gasteiger charge is -2.05. The molecule has 0 saturated heterocycles. The van der Waals surface area contributed by atoms with E-state index in [1.165, 1.54) is 0 Å². The largest absolute Gasteiger partial charge is 0.455 e. The van der Waals surface area contributed by atoms with Crippen LogP contribution >= 0.6 is 0 Å². The maximum absolute atomic E-state index is 11.9. The second-order valence-electron chi connectivity index (χ2n) is 2.73. The number of aromatic nitrogens is 2. The molecule has 92 valence electrons. The van der Waals surface area contributed by atoms with Crippen molar-refractivity contribution >= 4 is 0 Å². The van der Waals surface area contributed by atoms with E-state index in [-0.39, 0.29) is 0 Å². The van der Waals surface area contributed by atoms with Gasteiger partial charge in [0, 0.05) is 0 Å². The van der Waals surface area contributed by atoms with E-state index >= 15 is 0 Å². The van der Waals surface area contributed by atoms with E-state index in [0.717, 1.165) is 0 Å². The first-order chi connectivity index (χ1) is 7.18. The summed E-state index contributed by atoms with van der Waals surface area (Å²) >= 11 is 0. The summed E-state index contributed by atoms with van der Waals surface area (Å²) in [6.45, 7) is -1.93. The summed E-state index contributed by atoms with van der Waals surface area (Å²) in [5.74, 6) is -2.08. The Bertz CT molecular complexity index is 343. The highest BCUT2D eigenvalue weighted by Crippen LogP contribution is 2.26. The minimum atomic E-state index is -4.77. The first-order valence-electron chi connectivity index (χ1n) is 3.86. The molecule has 0 spiro atoms. The van der Waals surface area contributed by atoms with Crippen LogP contribution < -0.4 is 5.32 Å². The number of nitrogens with zero attached hydrogens (tertiary/aromatic N) is 2. The van der Waals surface area contributed by atoms with Crippen LogP contribution in [0.25, 0.3) is 0 Å². The third-order valence-electron chi connectivity index (χ3n) is 1.32. The van der Waals surface area contributed by atoms with Crippen LogP contribution in [0.1, 0.15) is 11.7 Å². The molecule has 4 nitrogen and oxygen atoms in total. The van der Waals surface area contributed by atoms with Crippen molar-refractivity contribution in [3.63, 3.8) is 0 Å². The lowest BCUT2D eigenvalue weighted by Crippen LogP contribution is -2.28. The van der Waals surface area contributed by atoms with Crippen LogP contribution in [0.2, 0.25) is 0 Å². The SMILES string of the molecule is FC(F)(F)CNCc1nc(C(F)(F)F)no1. The summed E-state index contributed by atoms with van der Waals surface area (Å²) in [6, 6.07) is 0. The van der Waals surface area contributed by atoms with Crippen molar-refractivity contribution in [2.75, 3.05) is 6.54 Å². The molecule has 0 aliphatic rings. The molecule has 1 N–H and O–H groups in total. The third kappa shape index (κ3) is 4.04. The Hall–Kier alpha value is -1.32. The van der Waals surface area contributed by atoms with Gasteiger partial charge in [0.05, 0.1) is 13.1 Å². The maximum atomic E-state index is 11.9. The van der Waals surface area contributed by atoms with Gasteiger partial charge in [-0.3, -0.25) is 0 Å². The molecule has 0 aliphatic carbocycles. The Balaban J connectivity index is 2.48. The minimum absolute atomic E-state index is 0.559. The number of alkyl halides is 6. The smallest absolute Gasteiger partial charge is 0.338 e. The Morgan fingerprint density at radius 1 is 1.12 bits per heavy atom. The van der Waals surface area contributed by atoms with Gasteiger partial charge in [0.15, 0.2) is 0 Å². The van der Waals surface area contributed by atoms with Crippen LogP contribution in [-0.2, 0) is 12.7 Å². The zero-order valence-corrected chi connectivity index (χ0v) is 7.48. The zero-order valence-electron chi connectivity index (χ0n) is 7.48. The summed E-state index contributed by atoms with van der Waals surface area (Å²) < 4.78 is 74.8. The van der Waals surface area contributed by atoms with Crippen LogP contribution in [0.15, 0.2) is 4.52 Å². The molecule has 0 aromatic carbocycles. The molecule has 0 bridgehead atoms. The van der Waals surface area contributed by atoms with Crippen molar-refractivity contribution < 1.29 is 30.9 Å². The van der Waals surface area contributed by atoms with Gasteiger partial charge in [-0.1, -0.05) is 5.16 Å². The number of nitrogens with one attached hydrogen (secondary N) is 1. The molecule has 0 aliphatic heterocycles. The van der Waals surface area contributed by atoms with Gasteiger partial charge in [-0.05, 0) is 0 Å². The quantitative estimate of drug-likeness (QED) is 0.829. The van der Waals surface area contributed by atoms with Crippen molar-refractivity contribution in [3.05, 3.63) is 11.7 Å². The number of rotatable bonds is 3. The lowest BCUT2D eigenvalue weighted by molar-refractivity contribution is -0.146. The maximum Gasteiger partial charge on any atom is 0.455 e. The van der Waals surface area contributed by atoms with Crippen molar-refractivity contribution in [1.82, 2.24) is 15.5 Å². The zero-order chi connectivity index (χ0) is 12.4. The molecular formula is C6H5F6N3O. The molecule has 0 fully saturated rings. The topological polar surface area (TPSA) is 51.0 Å². The summed E-state index contributed by atoms with van der Waals surface area (Å²) in [5.41, 5.74) is 0. The molecule has 1 rings (SSSR count). The highest BCUT2D eigenvalue weighted by molar-refractivity contribution is 4.90. The molecule has 1 heterocycles. The normalized spacial score (nSPS) is 13.1. The predicted molar refractivity (Wildman–Crippen MR) is 37.1 cm³/mol. The molecule has 16 heavy (non-hydrogen) atoms. The standard InChI is InChI=1S/C6H5F6N3O/c7-5(8,9)2-13-1-3-14-4(15-16-3)6(10,11)12/h13H,1-2H2. The van der Waals surface area contributed by atoms with Gasteiger partial charge < -0.3 is 9.84 Å². The summed E-state index contributed by atoms with van der Waals surface area (Å²) in [7, 11) is 0. The number of hydrogen-bond donors (Lipinski definition) is 1. The highest BCUT2D eigenvalue weighted by atomic mass is 19.4. The number of halogens is 6. The predicted octanol–water partition coefficient (Wildman–Crippen LogP) is 1.74. The summed E-state index contributed by atoms with van der Waals surface area (Å²) in [5, 5.41) is 4.39. The van der Waals surface area contributed by atoms with Gasteiger partial charge >= 0.3 is 12.4 Å². The number of hydrogen-bond acceptors (Lipinski definition) is 4. The van der Waals surface area contributed by atoms with E-state index in [1.54, 1.807) is 0 Å². The van der Waals surface area contributed by atoms with E-state index in [0.29, 0.717) is 0 Å². The molecular weight excluding hydrogens is 244 g/mol. The van der Waals surface area contributed by atoms with Crippen molar-refractivity contribution in [2.24, 2.45) is 0 Å². The Kier molecular flexibility index (Phi) is 3.41. The van der Waals surface area contributed by atoms with Gasteiger partial charge in [0.2, 0.25) is 5.89 Å². The monoisotopic (exact) mass is 249 g/mol. The molecule has 1 aromatic heterocycles. The first kappa shape index (κ1) is 12.7.